The number of aromatic carboxylic acids is 1. The van der Waals surface area contributed by atoms with Crippen molar-refractivity contribution in [2.75, 3.05) is 11.9 Å². The molecule has 0 amide bonds. The second kappa shape index (κ2) is 6.58. The van der Waals surface area contributed by atoms with E-state index in [0.29, 0.717) is 12.4 Å². The molecule has 5 heteroatoms. The average molecular weight is 298 g/mol. The Balaban J connectivity index is 1.68. The zero-order chi connectivity index (χ0) is 15.4. The molecular weight excluding hydrogens is 280 g/mol. The summed E-state index contributed by atoms with van der Waals surface area (Å²) >= 11 is 0. The first kappa shape index (κ1) is 14.5. The van der Waals surface area contributed by atoms with Crippen LogP contribution < -0.4 is 5.32 Å². The van der Waals surface area contributed by atoms with Crippen LogP contribution in [-0.4, -0.2) is 28.7 Å². The molecular formula is C17H18N2O3. The van der Waals surface area contributed by atoms with E-state index in [4.69, 9.17) is 9.84 Å². The van der Waals surface area contributed by atoms with Crippen LogP contribution >= 0.6 is 0 Å². The number of ether oxygens (including phenoxy) is 1. The topological polar surface area (TPSA) is 71.5 Å². The maximum Gasteiger partial charge on any atom is 0.354 e. The maximum absolute atomic E-state index is 11.0. The molecule has 1 aliphatic heterocycles. The molecule has 0 aliphatic carbocycles. The Labute approximate surface area is 129 Å². The van der Waals surface area contributed by atoms with Crippen molar-refractivity contribution in [3.63, 3.8) is 0 Å². The quantitative estimate of drug-likeness (QED) is 0.907. The minimum atomic E-state index is -1.02. The molecule has 1 aliphatic rings. The van der Waals surface area contributed by atoms with Gasteiger partial charge in [0.15, 0.2) is 5.69 Å². The highest BCUT2D eigenvalue weighted by Crippen LogP contribution is 2.29. The van der Waals surface area contributed by atoms with Crippen molar-refractivity contribution in [3.05, 3.63) is 59.8 Å². The van der Waals surface area contributed by atoms with Gasteiger partial charge in [-0.25, -0.2) is 9.78 Å². The van der Waals surface area contributed by atoms with Crippen molar-refractivity contribution < 1.29 is 14.6 Å². The van der Waals surface area contributed by atoms with Gasteiger partial charge in [0.2, 0.25) is 0 Å². The number of hydrogen-bond donors (Lipinski definition) is 2. The minimum Gasteiger partial charge on any atom is -0.477 e. The van der Waals surface area contributed by atoms with Crippen LogP contribution in [0.2, 0.25) is 0 Å². The summed E-state index contributed by atoms with van der Waals surface area (Å²) < 4.78 is 5.84. The number of hydrogen-bond acceptors (Lipinski definition) is 4. The highest BCUT2D eigenvalue weighted by Gasteiger charge is 2.24. The average Bonchev–Trinajstić information content (AvgIpc) is 2.56. The van der Waals surface area contributed by atoms with E-state index < -0.39 is 5.97 Å². The van der Waals surface area contributed by atoms with Crippen LogP contribution in [-0.2, 0) is 4.74 Å². The summed E-state index contributed by atoms with van der Waals surface area (Å²) in [5.41, 5.74) is 1.22. The van der Waals surface area contributed by atoms with Gasteiger partial charge >= 0.3 is 5.97 Å². The molecule has 114 valence electrons. The van der Waals surface area contributed by atoms with E-state index in [-0.39, 0.29) is 17.8 Å². The lowest BCUT2D eigenvalue weighted by molar-refractivity contribution is 0.00973. The summed E-state index contributed by atoms with van der Waals surface area (Å²) in [5.74, 6) is -0.420. The summed E-state index contributed by atoms with van der Waals surface area (Å²) in [5, 5.41) is 12.3. The van der Waals surface area contributed by atoms with Gasteiger partial charge in [0.25, 0.3) is 0 Å². The monoisotopic (exact) mass is 298 g/mol. The summed E-state index contributed by atoms with van der Waals surface area (Å²) in [7, 11) is 0. The third kappa shape index (κ3) is 3.43. The van der Waals surface area contributed by atoms with Crippen LogP contribution in [0.25, 0.3) is 0 Å². The van der Waals surface area contributed by atoms with Crippen molar-refractivity contribution in [1.82, 2.24) is 4.98 Å². The SMILES string of the molecule is O=C(O)c1cccc(NC2CCOC(c3ccccc3)C2)n1. The van der Waals surface area contributed by atoms with Crippen molar-refractivity contribution >= 4 is 11.8 Å². The number of carboxylic acid groups (broad SMARTS) is 1. The maximum atomic E-state index is 11.0. The van der Waals surface area contributed by atoms with Gasteiger partial charge in [-0.2, -0.15) is 0 Å². The van der Waals surface area contributed by atoms with Crippen LogP contribution in [0, 0.1) is 0 Å². The fourth-order valence-corrected chi connectivity index (χ4v) is 2.67. The molecule has 2 aromatic rings. The lowest BCUT2D eigenvalue weighted by Gasteiger charge is -2.30. The number of benzene rings is 1. The smallest absolute Gasteiger partial charge is 0.354 e. The second-order valence-electron chi connectivity index (χ2n) is 5.35. The van der Waals surface area contributed by atoms with E-state index >= 15 is 0 Å². The number of nitrogens with one attached hydrogen (secondary N) is 1. The molecule has 2 N–H and O–H groups in total. The van der Waals surface area contributed by atoms with Crippen LogP contribution in [0.3, 0.4) is 0 Å². The highest BCUT2D eigenvalue weighted by atomic mass is 16.5. The first-order valence-electron chi connectivity index (χ1n) is 7.36. The number of nitrogens with zero attached hydrogens (tertiary/aromatic N) is 1. The molecule has 2 unspecified atom stereocenters. The van der Waals surface area contributed by atoms with Gasteiger partial charge < -0.3 is 15.2 Å². The van der Waals surface area contributed by atoms with Crippen molar-refractivity contribution in [3.8, 4) is 0 Å². The Bertz CT molecular complexity index is 645. The Morgan fingerprint density at radius 1 is 1.18 bits per heavy atom. The molecule has 22 heavy (non-hydrogen) atoms. The van der Waals surface area contributed by atoms with Crippen LogP contribution in [0.5, 0.6) is 0 Å². The molecule has 0 spiro atoms. The van der Waals surface area contributed by atoms with Crippen molar-refractivity contribution in [2.24, 2.45) is 0 Å². The van der Waals surface area contributed by atoms with Crippen molar-refractivity contribution in [2.45, 2.75) is 25.0 Å². The molecule has 1 saturated heterocycles. The van der Waals surface area contributed by atoms with E-state index in [0.717, 1.165) is 12.8 Å². The Morgan fingerprint density at radius 3 is 2.77 bits per heavy atom. The van der Waals surface area contributed by atoms with E-state index in [9.17, 15) is 4.79 Å². The first-order chi connectivity index (χ1) is 10.7. The zero-order valence-corrected chi connectivity index (χ0v) is 12.1. The lowest BCUT2D eigenvalue weighted by Crippen LogP contribution is -2.30. The summed E-state index contributed by atoms with van der Waals surface area (Å²) in [4.78, 5) is 15.1. The summed E-state index contributed by atoms with van der Waals surface area (Å²) in [6.45, 7) is 0.676. The molecule has 1 aromatic heterocycles. The predicted octanol–water partition coefficient (Wildman–Crippen LogP) is 3.11. The van der Waals surface area contributed by atoms with Gasteiger partial charge in [-0.15, -0.1) is 0 Å². The van der Waals surface area contributed by atoms with Crippen LogP contribution in [0.4, 0.5) is 5.82 Å². The molecule has 0 radical (unpaired) electrons. The van der Waals surface area contributed by atoms with Gasteiger partial charge in [0, 0.05) is 12.6 Å². The van der Waals surface area contributed by atoms with Gasteiger partial charge in [0.1, 0.15) is 5.82 Å². The molecule has 1 aromatic carbocycles. The third-order valence-corrected chi connectivity index (χ3v) is 3.78. The molecule has 5 nitrogen and oxygen atoms in total. The van der Waals surface area contributed by atoms with Gasteiger partial charge in [-0.1, -0.05) is 36.4 Å². The van der Waals surface area contributed by atoms with E-state index in [1.165, 1.54) is 11.6 Å². The number of anilines is 1. The zero-order valence-electron chi connectivity index (χ0n) is 12.1. The fourth-order valence-electron chi connectivity index (χ4n) is 2.67. The molecule has 2 heterocycles. The Morgan fingerprint density at radius 2 is 2.00 bits per heavy atom. The summed E-state index contributed by atoms with van der Waals surface area (Å²) in [6, 6.07) is 15.3. The van der Waals surface area contributed by atoms with E-state index in [1.54, 1.807) is 12.1 Å². The fraction of sp³-hybridized carbons (Fsp3) is 0.294. The number of carboxylic acids is 1. The van der Waals surface area contributed by atoms with E-state index in [1.807, 2.05) is 18.2 Å². The predicted molar refractivity (Wildman–Crippen MR) is 83.0 cm³/mol. The Kier molecular flexibility index (Phi) is 4.34. The molecule has 1 fully saturated rings. The van der Waals surface area contributed by atoms with Crippen LogP contribution in [0.15, 0.2) is 48.5 Å². The van der Waals surface area contributed by atoms with Crippen LogP contribution in [0.1, 0.15) is 35.0 Å². The number of pyridine rings is 1. The number of carbonyl (C=O) groups is 1. The normalized spacial score (nSPS) is 21.3. The molecule has 0 saturated carbocycles. The number of rotatable bonds is 4. The standard InChI is InChI=1S/C17H18N2O3/c20-17(21)14-7-4-8-16(19-14)18-13-9-10-22-15(11-13)12-5-2-1-3-6-12/h1-8,13,15H,9-11H2,(H,18,19)(H,20,21). The highest BCUT2D eigenvalue weighted by molar-refractivity contribution is 5.85. The van der Waals surface area contributed by atoms with Gasteiger partial charge in [0.05, 0.1) is 6.10 Å². The molecule has 3 rings (SSSR count). The molecule has 0 bridgehead atoms. The minimum absolute atomic E-state index is 0.0525. The summed E-state index contributed by atoms with van der Waals surface area (Å²) in [6.07, 6.45) is 1.78. The third-order valence-electron chi connectivity index (χ3n) is 3.78. The van der Waals surface area contributed by atoms with Gasteiger partial charge in [-0.05, 0) is 30.5 Å². The molecule has 2 atom stereocenters. The van der Waals surface area contributed by atoms with Crippen molar-refractivity contribution in [1.29, 1.82) is 0 Å². The lowest BCUT2D eigenvalue weighted by atomic mass is 9.97. The van der Waals surface area contributed by atoms with Gasteiger partial charge in [-0.3, -0.25) is 0 Å². The first-order valence-corrected chi connectivity index (χ1v) is 7.36. The number of aromatic nitrogens is 1. The largest absolute Gasteiger partial charge is 0.477 e. The Hall–Kier alpha value is -2.40. The second-order valence-corrected chi connectivity index (χ2v) is 5.35. The van der Waals surface area contributed by atoms with E-state index in [2.05, 4.69) is 22.4 Å².